The van der Waals surface area contributed by atoms with Gasteiger partial charge in [-0.3, -0.25) is 4.79 Å². The van der Waals surface area contributed by atoms with Gasteiger partial charge in [0, 0.05) is 31.2 Å². The van der Waals surface area contributed by atoms with Crippen molar-refractivity contribution in [1.82, 2.24) is 4.90 Å². The van der Waals surface area contributed by atoms with Crippen LogP contribution >= 0.6 is 11.6 Å². The van der Waals surface area contributed by atoms with Gasteiger partial charge in [-0.25, -0.2) is 0 Å². The molecule has 1 amide bonds. The van der Waals surface area contributed by atoms with Crippen LogP contribution in [0.2, 0.25) is 5.02 Å². The van der Waals surface area contributed by atoms with Gasteiger partial charge in [-0.05, 0) is 36.9 Å². The molecule has 0 saturated carbocycles. The molecule has 0 unspecified atom stereocenters. The van der Waals surface area contributed by atoms with Crippen molar-refractivity contribution in [1.29, 1.82) is 0 Å². The Morgan fingerprint density at radius 3 is 2.43 bits per heavy atom. The van der Waals surface area contributed by atoms with Gasteiger partial charge < -0.3 is 15.1 Å². The zero-order valence-corrected chi connectivity index (χ0v) is 16.1. The first-order valence-electron chi connectivity index (χ1n) is 9.04. The third-order valence-corrected chi connectivity index (χ3v) is 5.08. The summed E-state index contributed by atoms with van der Waals surface area (Å²) < 4.78 is 39.7. The summed E-state index contributed by atoms with van der Waals surface area (Å²) in [5.74, 6) is -0.816. The van der Waals surface area contributed by atoms with E-state index in [1.54, 1.807) is 18.2 Å². The lowest BCUT2D eigenvalue weighted by atomic mass is 10.1. The Morgan fingerprint density at radius 2 is 1.79 bits per heavy atom. The molecule has 1 N–H and O–H groups in total. The maximum Gasteiger partial charge on any atom is 0.417 e. The standard InChI is InChI=1S/C20H21ClF3N3O/c1-2-26-9-11-27(12-10-26)18-8-7-14(21)13-17(18)25-19(28)15-5-3-4-6-16(15)20(22,23)24/h3-8,13H,2,9-12H2,1H3,(H,25,28). The molecule has 0 atom stereocenters. The number of piperazine rings is 1. The summed E-state index contributed by atoms with van der Waals surface area (Å²) in [6.07, 6.45) is -4.61. The smallest absolute Gasteiger partial charge is 0.367 e. The Hall–Kier alpha value is -2.25. The number of rotatable bonds is 4. The first-order valence-corrected chi connectivity index (χ1v) is 9.42. The average molecular weight is 412 g/mol. The van der Waals surface area contributed by atoms with Gasteiger partial charge in [0.25, 0.3) is 5.91 Å². The van der Waals surface area contributed by atoms with E-state index in [0.717, 1.165) is 44.5 Å². The fraction of sp³-hybridized carbons (Fsp3) is 0.350. The molecule has 0 spiro atoms. The van der Waals surface area contributed by atoms with Crippen LogP contribution in [0, 0.1) is 0 Å². The lowest BCUT2D eigenvalue weighted by molar-refractivity contribution is -0.137. The number of likely N-dealkylation sites (N-methyl/N-ethyl adjacent to an activating group) is 1. The SMILES string of the molecule is CCN1CCN(c2ccc(Cl)cc2NC(=O)c2ccccc2C(F)(F)F)CC1. The minimum absolute atomic E-state index is 0.398. The van der Waals surface area contributed by atoms with Crippen molar-refractivity contribution in [2.24, 2.45) is 0 Å². The lowest BCUT2D eigenvalue weighted by Crippen LogP contribution is -2.46. The van der Waals surface area contributed by atoms with E-state index in [1.165, 1.54) is 18.2 Å². The molecule has 2 aromatic carbocycles. The highest BCUT2D eigenvalue weighted by Gasteiger charge is 2.35. The van der Waals surface area contributed by atoms with Crippen LogP contribution in [0.25, 0.3) is 0 Å². The number of carbonyl (C=O) groups is 1. The summed E-state index contributed by atoms with van der Waals surface area (Å²) in [6, 6.07) is 9.81. The molecule has 1 saturated heterocycles. The van der Waals surface area contributed by atoms with Gasteiger partial charge in [0.1, 0.15) is 0 Å². The zero-order chi connectivity index (χ0) is 20.3. The zero-order valence-electron chi connectivity index (χ0n) is 15.4. The highest BCUT2D eigenvalue weighted by Crippen LogP contribution is 2.34. The number of amides is 1. The van der Waals surface area contributed by atoms with Crippen molar-refractivity contribution in [2.75, 3.05) is 42.9 Å². The summed E-state index contributed by atoms with van der Waals surface area (Å²) in [4.78, 5) is 17.1. The van der Waals surface area contributed by atoms with Crippen molar-refractivity contribution in [3.63, 3.8) is 0 Å². The number of carbonyl (C=O) groups excluding carboxylic acids is 1. The van der Waals surface area contributed by atoms with Crippen LogP contribution in [0.5, 0.6) is 0 Å². The predicted octanol–water partition coefficient (Wildman–Crippen LogP) is 4.75. The van der Waals surface area contributed by atoms with E-state index in [9.17, 15) is 18.0 Å². The molecule has 0 radical (unpaired) electrons. The summed E-state index contributed by atoms with van der Waals surface area (Å²) >= 11 is 6.08. The summed E-state index contributed by atoms with van der Waals surface area (Å²) in [5.41, 5.74) is -0.234. The minimum atomic E-state index is -4.61. The molecule has 2 aromatic rings. The topological polar surface area (TPSA) is 35.6 Å². The second-order valence-corrected chi connectivity index (χ2v) is 7.02. The van der Waals surface area contributed by atoms with E-state index in [4.69, 9.17) is 11.6 Å². The van der Waals surface area contributed by atoms with Crippen LogP contribution < -0.4 is 10.2 Å². The van der Waals surface area contributed by atoms with E-state index in [0.29, 0.717) is 10.7 Å². The first kappa shape index (κ1) is 20.5. The Labute approximate surface area is 166 Å². The Morgan fingerprint density at radius 1 is 1.11 bits per heavy atom. The van der Waals surface area contributed by atoms with E-state index >= 15 is 0 Å². The third kappa shape index (κ3) is 4.59. The van der Waals surface area contributed by atoms with Crippen LogP contribution in [-0.4, -0.2) is 43.5 Å². The molecule has 4 nitrogen and oxygen atoms in total. The second kappa shape index (κ2) is 8.41. The van der Waals surface area contributed by atoms with Gasteiger partial charge in [0.05, 0.1) is 22.5 Å². The molecule has 28 heavy (non-hydrogen) atoms. The number of nitrogens with one attached hydrogen (secondary N) is 1. The number of hydrogen-bond donors (Lipinski definition) is 1. The maximum absolute atomic E-state index is 13.2. The molecule has 1 aliphatic rings. The van der Waals surface area contributed by atoms with Gasteiger partial charge in [-0.15, -0.1) is 0 Å². The molecule has 150 valence electrons. The second-order valence-electron chi connectivity index (χ2n) is 6.58. The Bertz CT molecular complexity index is 849. The molecule has 1 heterocycles. The summed E-state index contributed by atoms with van der Waals surface area (Å²) in [5, 5.41) is 3.02. The molecular weight excluding hydrogens is 391 g/mol. The number of benzene rings is 2. The summed E-state index contributed by atoms with van der Waals surface area (Å²) in [6.45, 7) is 6.34. The highest BCUT2D eigenvalue weighted by molar-refractivity contribution is 6.31. The molecule has 0 aliphatic carbocycles. The molecule has 8 heteroatoms. The molecule has 0 bridgehead atoms. The largest absolute Gasteiger partial charge is 0.417 e. The Kier molecular flexibility index (Phi) is 6.15. The van der Waals surface area contributed by atoms with Gasteiger partial charge in [0.15, 0.2) is 0 Å². The minimum Gasteiger partial charge on any atom is -0.367 e. The van der Waals surface area contributed by atoms with Gasteiger partial charge in [0.2, 0.25) is 0 Å². The van der Waals surface area contributed by atoms with Crippen molar-refractivity contribution in [3.8, 4) is 0 Å². The summed E-state index contributed by atoms with van der Waals surface area (Å²) in [7, 11) is 0. The van der Waals surface area contributed by atoms with Crippen LogP contribution in [0.3, 0.4) is 0 Å². The quantitative estimate of drug-likeness (QED) is 0.788. The number of nitrogens with zero attached hydrogens (tertiary/aromatic N) is 2. The molecular formula is C20H21ClF3N3O. The van der Waals surface area contributed by atoms with Gasteiger partial charge in [-0.1, -0.05) is 30.7 Å². The van der Waals surface area contributed by atoms with E-state index in [-0.39, 0.29) is 0 Å². The molecule has 1 aliphatic heterocycles. The van der Waals surface area contributed by atoms with Crippen molar-refractivity contribution < 1.29 is 18.0 Å². The van der Waals surface area contributed by atoms with Crippen LogP contribution in [-0.2, 0) is 6.18 Å². The third-order valence-electron chi connectivity index (χ3n) is 4.84. The van der Waals surface area contributed by atoms with Gasteiger partial charge in [-0.2, -0.15) is 13.2 Å². The number of halogens is 4. The van der Waals surface area contributed by atoms with E-state index < -0.39 is 23.2 Å². The van der Waals surface area contributed by atoms with E-state index in [1.807, 2.05) is 0 Å². The normalized spacial score (nSPS) is 15.5. The highest BCUT2D eigenvalue weighted by atomic mass is 35.5. The molecule has 0 aromatic heterocycles. The first-order chi connectivity index (χ1) is 13.3. The monoisotopic (exact) mass is 411 g/mol. The van der Waals surface area contributed by atoms with Crippen molar-refractivity contribution >= 4 is 28.9 Å². The number of hydrogen-bond acceptors (Lipinski definition) is 3. The van der Waals surface area contributed by atoms with Crippen molar-refractivity contribution in [3.05, 3.63) is 58.6 Å². The molecule has 1 fully saturated rings. The fourth-order valence-electron chi connectivity index (χ4n) is 3.31. The molecule has 3 rings (SSSR count). The Balaban J connectivity index is 1.87. The predicted molar refractivity (Wildman–Crippen MR) is 105 cm³/mol. The van der Waals surface area contributed by atoms with E-state index in [2.05, 4.69) is 22.0 Å². The van der Waals surface area contributed by atoms with Gasteiger partial charge >= 0.3 is 6.18 Å². The number of alkyl halides is 3. The fourth-order valence-corrected chi connectivity index (χ4v) is 3.48. The maximum atomic E-state index is 13.2. The average Bonchev–Trinajstić information content (AvgIpc) is 2.67. The van der Waals surface area contributed by atoms with Crippen LogP contribution in [0.1, 0.15) is 22.8 Å². The van der Waals surface area contributed by atoms with Crippen LogP contribution in [0.4, 0.5) is 24.5 Å². The van der Waals surface area contributed by atoms with Crippen LogP contribution in [0.15, 0.2) is 42.5 Å². The van der Waals surface area contributed by atoms with Crippen molar-refractivity contribution in [2.45, 2.75) is 13.1 Å². The lowest BCUT2D eigenvalue weighted by Gasteiger charge is -2.36. The number of anilines is 2.